The van der Waals surface area contributed by atoms with Crippen LogP contribution in [0, 0.1) is 11.7 Å². The number of aromatic nitrogens is 5. The number of ether oxygens (including phenoxy) is 1. The van der Waals surface area contributed by atoms with Gasteiger partial charge in [-0.25, -0.2) is 9.07 Å². The van der Waals surface area contributed by atoms with Crippen LogP contribution in [0.1, 0.15) is 67.9 Å². The molecule has 1 aromatic carbocycles. The topological polar surface area (TPSA) is 140 Å². The average Bonchev–Trinajstić information content (AvgIpc) is 3.56. The van der Waals surface area contributed by atoms with E-state index in [1.54, 1.807) is 4.68 Å². The molecule has 0 saturated heterocycles. The molecule has 2 amide bonds. The Kier molecular flexibility index (Phi) is 9.80. The summed E-state index contributed by atoms with van der Waals surface area (Å²) in [6.07, 6.45) is 2.87. The third-order valence-electron chi connectivity index (χ3n) is 6.43. The van der Waals surface area contributed by atoms with Crippen molar-refractivity contribution in [1.82, 2.24) is 40.7 Å². The quantitative estimate of drug-likeness (QED) is 0.484. The number of carbonyl (C=O) groups excluding carboxylic acids is 2. The highest BCUT2D eigenvalue weighted by Crippen LogP contribution is 2.21. The molecule has 2 aromatic heterocycles. The Labute approximate surface area is 232 Å². The Morgan fingerprint density at radius 3 is 2.67 bits per heavy atom. The highest BCUT2D eigenvalue weighted by molar-refractivity contribution is 5.99. The van der Waals surface area contributed by atoms with E-state index in [-0.39, 0.29) is 35.7 Å². The van der Waals surface area contributed by atoms with Crippen molar-refractivity contribution in [2.75, 3.05) is 26.2 Å². The minimum Gasteiger partial charge on any atom is -0.491 e. The Bertz CT molecular complexity index is 1290. The molecule has 3 aromatic rings. The number of rotatable bonds is 5. The zero-order valence-corrected chi connectivity index (χ0v) is 23.4. The van der Waals surface area contributed by atoms with Crippen LogP contribution in [-0.2, 0) is 24.3 Å². The van der Waals surface area contributed by atoms with Gasteiger partial charge in [-0.1, -0.05) is 32.9 Å². The number of halogens is 1. The molecular formula is C27H37FN8O4. The number of carbonyl (C=O) groups is 2. The van der Waals surface area contributed by atoms with Gasteiger partial charge in [-0.3, -0.25) is 14.5 Å². The van der Waals surface area contributed by atoms with Gasteiger partial charge >= 0.3 is 0 Å². The number of nitrogens with one attached hydrogen (secondary N) is 2. The predicted octanol–water partition coefficient (Wildman–Crippen LogP) is 2.32. The minimum absolute atomic E-state index is 0.0217. The summed E-state index contributed by atoms with van der Waals surface area (Å²) in [4.78, 5) is 28.5. The van der Waals surface area contributed by atoms with E-state index in [0.29, 0.717) is 57.3 Å². The molecular weight excluding hydrogens is 519 g/mol. The van der Waals surface area contributed by atoms with Crippen molar-refractivity contribution in [2.45, 2.75) is 65.6 Å². The van der Waals surface area contributed by atoms with Crippen LogP contribution in [0.2, 0.25) is 0 Å². The standard InChI is InChI=1S/C27H37FN8O4/c1-17(2)13-22-26(38)29-8-10-35(16-24-32-33-27(40-24)18(3)4)9-7-20-15-36(34-31-20)11-12-39-23-6-5-19(28)14-21(23)25(37)30-22/h5-6,14-15,17-18,22H,7-13,16H2,1-4H3,(H,29,38)(H,30,37)/t22-/m1/s1. The van der Waals surface area contributed by atoms with Gasteiger partial charge in [-0.05, 0) is 30.5 Å². The number of nitrogens with zero attached hydrogens (tertiary/aromatic N) is 6. The SMILES string of the molecule is CC(C)C[C@H]1NC(=O)c2cc(F)ccc2OCCn2cc(nn2)CCN(Cc2nnc(C(C)C)o2)CCNC1=O. The lowest BCUT2D eigenvalue weighted by Crippen LogP contribution is -2.49. The van der Waals surface area contributed by atoms with E-state index in [2.05, 4.69) is 36.0 Å². The number of hydrogen-bond donors (Lipinski definition) is 2. The molecule has 3 heterocycles. The maximum atomic E-state index is 14.1. The first-order chi connectivity index (χ1) is 19.2. The lowest BCUT2D eigenvalue weighted by Gasteiger charge is -2.23. The van der Waals surface area contributed by atoms with Crippen LogP contribution in [0.3, 0.4) is 0 Å². The minimum atomic E-state index is -0.801. The fourth-order valence-corrected chi connectivity index (χ4v) is 4.31. The molecule has 0 aliphatic carbocycles. The molecule has 12 nitrogen and oxygen atoms in total. The normalized spacial score (nSPS) is 18.0. The Balaban J connectivity index is 1.55. The lowest BCUT2D eigenvalue weighted by molar-refractivity contribution is -0.123. The second-order valence-electron chi connectivity index (χ2n) is 10.6. The Morgan fingerprint density at radius 2 is 1.93 bits per heavy atom. The maximum absolute atomic E-state index is 14.1. The molecule has 0 fully saturated rings. The van der Waals surface area contributed by atoms with Crippen molar-refractivity contribution in [1.29, 1.82) is 0 Å². The molecule has 2 N–H and O–H groups in total. The molecule has 0 radical (unpaired) electrons. The lowest BCUT2D eigenvalue weighted by atomic mass is 10.0. The van der Waals surface area contributed by atoms with Crippen LogP contribution in [0.4, 0.5) is 4.39 Å². The fourth-order valence-electron chi connectivity index (χ4n) is 4.31. The molecule has 1 atom stereocenters. The van der Waals surface area contributed by atoms with Gasteiger partial charge in [0.05, 0.1) is 24.3 Å². The molecule has 216 valence electrons. The Morgan fingerprint density at radius 1 is 1.10 bits per heavy atom. The summed E-state index contributed by atoms with van der Waals surface area (Å²) in [5.74, 6) is 0.0669. The van der Waals surface area contributed by atoms with Crippen molar-refractivity contribution in [2.24, 2.45) is 5.92 Å². The van der Waals surface area contributed by atoms with E-state index >= 15 is 0 Å². The summed E-state index contributed by atoms with van der Waals surface area (Å²) < 4.78 is 27.4. The largest absolute Gasteiger partial charge is 0.491 e. The summed E-state index contributed by atoms with van der Waals surface area (Å²) in [5, 5.41) is 22.4. The van der Waals surface area contributed by atoms with Gasteiger partial charge in [0.1, 0.15) is 24.2 Å². The van der Waals surface area contributed by atoms with Gasteiger partial charge < -0.3 is 19.8 Å². The third kappa shape index (κ3) is 8.07. The van der Waals surface area contributed by atoms with Crippen molar-refractivity contribution in [3.8, 4) is 5.75 Å². The van der Waals surface area contributed by atoms with E-state index in [4.69, 9.17) is 9.15 Å². The van der Waals surface area contributed by atoms with E-state index in [0.717, 1.165) is 11.8 Å². The smallest absolute Gasteiger partial charge is 0.255 e. The first-order valence-electron chi connectivity index (χ1n) is 13.6. The first-order valence-corrected chi connectivity index (χ1v) is 13.6. The second kappa shape index (κ2) is 13.5. The maximum Gasteiger partial charge on any atom is 0.255 e. The van der Waals surface area contributed by atoms with Gasteiger partial charge in [0, 0.05) is 38.2 Å². The van der Waals surface area contributed by atoms with E-state index in [1.807, 2.05) is 33.9 Å². The van der Waals surface area contributed by atoms with Gasteiger partial charge in [0.25, 0.3) is 5.91 Å². The number of fused-ring (bicyclic) bond motifs is 3. The molecule has 2 bridgehead atoms. The number of hydrogen-bond acceptors (Lipinski definition) is 9. The van der Waals surface area contributed by atoms with Crippen LogP contribution < -0.4 is 15.4 Å². The summed E-state index contributed by atoms with van der Waals surface area (Å²) in [6.45, 7) is 10.3. The van der Waals surface area contributed by atoms with Crippen molar-refractivity contribution in [3.05, 3.63) is 53.3 Å². The molecule has 4 rings (SSSR count). The van der Waals surface area contributed by atoms with E-state index < -0.39 is 17.8 Å². The van der Waals surface area contributed by atoms with Gasteiger partial charge in [-0.15, -0.1) is 15.3 Å². The predicted molar refractivity (Wildman–Crippen MR) is 143 cm³/mol. The van der Waals surface area contributed by atoms with Gasteiger partial charge in [-0.2, -0.15) is 0 Å². The fraction of sp³-hybridized carbons (Fsp3) is 0.556. The van der Waals surface area contributed by atoms with Gasteiger partial charge in [0.15, 0.2) is 0 Å². The molecule has 1 aliphatic rings. The summed E-state index contributed by atoms with van der Waals surface area (Å²) >= 11 is 0. The van der Waals surface area contributed by atoms with Gasteiger partial charge in [0.2, 0.25) is 17.7 Å². The van der Waals surface area contributed by atoms with E-state index in [1.165, 1.54) is 12.1 Å². The van der Waals surface area contributed by atoms with Crippen LogP contribution in [0.15, 0.2) is 28.8 Å². The monoisotopic (exact) mass is 556 g/mol. The first kappa shape index (κ1) is 29.1. The molecule has 1 aliphatic heterocycles. The average molecular weight is 557 g/mol. The number of benzene rings is 1. The summed E-state index contributed by atoms with van der Waals surface area (Å²) in [5.41, 5.74) is 0.816. The highest BCUT2D eigenvalue weighted by atomic mass is 19.1. The zero-order chi connectivity index (χ0) is 28.6. The molecule has 0 spiro atoms. The van der Waals surface area contributed by atoms with Crippen LogP contribution in [0.25, 0.3) is 0 Å². The van der Waals surface area contributed by atoms with Crippen LogP contribution in [-0.4, -0.2) is 74.2 Å². The zero-order valence-electron chi connectivity index (χ0n) is 23.4. The van der Waals surface area contributed by atoms with Crippen LogP contribution in [0.5, 0.6) is 5.75 Å². The van der Waals surface area contributed by atoms with Crippen molar-refractivity contribution in [3.63, 3.8) is 0 Å². The second-order valence-corrected chi connectivity index (χ2v) is 10.6. The summed E-state index contributed by atoms with van der Waals surface area (Å²) in [7, 11) is 0. The molecule has 0 unspecified atom stereocenters. The molecule has 40 heavy (non-hydrogen) atoms. The molecule has 13 heteroatoms. The number of amides is 2. The van der Waals surface area contributed by atoms with E-state index in [9.17, 15) is 14.0 Å². The summed E-state index contributed by atoms with van der Waals surface area (Å²) in [6, 6.07) is 2.95. The van der Waals surface area contributed by atoms with Crippen molar-refractivity contribution < 1.29 is 23.1 Å². The highest BCUT2D eigenvalue weighted by Gasteiger charge is 2.25. The Hall–Kier alpha value is -3.87. The molecule has 0 saturated carbocycles. The van der Waals surface area contributed by atoms with Crippen LogP contribution >= 0.6 is 0 Å². The van der Waals surface area contributed by atoms with Crippen molar-refractivity contribution >= 4 is 11.8 Å². The third-order valence-corrected chi connectivity index (χ3v) is 6.43.